The van der Waals surface area contributed by atoms with Crippen LogP contribution in [-0.2, 0) is 9.84 Å². The molecular weight excluding hydrogens is 267 g/mol. The molecule has 1 fully saturated rings. The summed E-state index contributed by atoms with van der Waals surface area (Å²) in [6.45, 7) is 0. The van der Waals surface area contributed by atoms with Crippen molar-refractivity contribution in [1.82, 2.24) is 0 Å². The maximum atomic E-state index is 14.1. The van der Waals surface area contributed by atoms with Crippen molar-refractivity contribution in [3.63, 3.8) is 0 Å². The summed E-state index contributed by atoms with van der Waals surface area (Å²) in [4.78, 5) is 11.9. The molecular formula is C14H17FO3S. The molecule has 0 amide bonds. The van der Waals surface area contributed by atoms with Crippen molar-refractivity contribution in [2.24, 2.45) is 0 Å². The molecule has 0 spiro atoms. The number of rotatable bonds is 4. The van der Waals surface area contributed by atoms with E-state index >= 15 is 0 Å². The summed E-state index contributed by atoms with van der Waals surface area (Å²) in [6.07, 6.45) is 3.48. The van der Waals surface area contributed by atoms with Crippen molar-refractivity contribution in [3.05, 3.63) is 35.9 Å². The highest BCUT2D eigenvalue weighted by Crippen LogP contribution is 2.28. The van der Waals surface area contributed by atoms with Gasteiger partial charge in [-0.25, -0.2) is 12.8 Å². The topological polar surface area (TPSA) is 51.2 Å². The third kappa shape index (κ3) is 3.03. The lowest BCUT2D eigenvalue weighted by atomic mass is 10.0. The van der Waals surface area contributed by atoms with Crippen LogP contribution in [-0.4, -0.2) is 25.0 Å². The Labute approximate surface area is 112 Å². The van der Waals surface area contributed by atoms with E-state index in [1.807, 2.05) is 0 Å². The van der Waals surface area contributed by atoms with Gasteiger partial charge in [-0.3, -0.25) is 4.79 Å². The van der Waals surface area contributed by atoms with Gasteiger partial charge in [-0.2, -0.15) is 0 Å². The van der Waals surface area contributed by atoms with E-state index < -0.39 is 26.4 Å². The van der Waals surface area contributed by atoms with Gasteiger partial charge in [0.25, 0.3) is 5.50 Å². The van der Waals surface area contributed by atoms with Crippen LogP contribution < -0.4 is 0 Å². The number of hydrogen-bond donors (Lipinski definition) is 0. The molecule has 1 aliphatic rings. The number of carbonyl (C=O) groups is 1. The van der Waals surface area contributed by atoms with Crippen molar-refractivity contribution in [2.45, 2.75) is 42.9 Å². The van der Waals surface area contributed by atoms with E-state index in [4.69, 9.17) is 0 Å². The Balaban J connectivity index is 2.18. The fraction of sp³-hybridized carbons (Fsp3) is 0.500. The molecule has 0 aromatic heterocycles. The average Bonchev–Trinajstić information content (AvgIpc) is 2.47. The Bertz CT molecular complexity index is 533. The van der Waals surface area contributed by atoms with Crippen LogP contribution in [0.4, 0.5) is 4.39 Å². The molecule has 0 aliphatic heterocycles. The molecule has 0 N–H and O–H groups in total. The Kier molecular flexibility index (Phi) is 4.34. The van der Waals surface area contributed by atoms with E-state index in [1.165, 1.54) is 12.1 Å². The van der Waals surface area contributed by atoms with E-state index in [-0.39, 0.29) is 5.56 Å². The van der Waals surface area contributed by atoms with Gasteiger partial charge in [0.15, 0.2) is 9.84 Å². The van der Waals surface area contributed by atoms with Crippen LogP contribution in [0, 0.1) is 0 Å². The molecule has 1 atom stereocenters. The maximum Gasteiger partial charge on any atom is 0.263 e. The first-order valence-corrected chi connectivity index (χ1v) is 8.10. The summed E-state index contributed by atoms with van der Waals surface area (Å²) in [6, 6.07) is 7.75. The minimum atomic E-state index is -4.03. The quantitative estimate of drug-likeness (QED) is 0.799. The number of sulfone groups is 1. The molecule has 1 aromatic carbocycles. The Morgan fingerprint density at radius 3 is 2.26 bits per heavy atom. The predicted molar refractivity (Wildman–Crippen MR) is 71.5 cm³/mol. The number of benzene rings is 1. The minimum absolute atomic E-state index is 0.106. The van der Waals surface area contributed by atoms with Crippen molar-refractivity contribution >= 4 is 15.6 Å². The number of ketones is 1. The lowest BCUT2D eigenvalue weighted by Gasteiger charge is -2.23. The molecule has 19 heavy (non-hydrogen) atoms. The second-order valence-corrected chi connectivity index (χ2v) is 7.15. The molecule has 0 saturated heterocycles. The van der Waals surface area contributed by atoms with E-state index in [0.29, 0.717) is 12.8 Å². The Hall–Kier alpha value is -1.23. The zero-order chi connectivity index (χ0) is 13.9. The standard InChI is InChI=1S/C14H17FO3S/c15-14(13(16)11-7-3-1-4-8-11)19(17,18)12-9-5-2-6-10-12/h1,3-4,7-8,12,14H,2,5-6,9-10H2. The first-order chi connectivity index (χ1) is 9.03. The first kappa shape index (κ1) is 14.2. The monoisotopic (exact) mass is 284 g/mol. The van der Waals surface area contributed by atoms with Crippen LogP contribution in [0.5, 0.6) is 0 Å². The highest BCUT2D eigenvalue weighted by atomic mass is 32.2. The summed E-state index contributed by atoms with van der Waals surface area (Å²) in [5.74, 6) is -0.953. The average molecular weight is 284 g/mol. The largest absolute Gasteiger partial charge is 0.290 e. The van der Waals surface area contributed by atoms with Crippen LogP contribution in [0.2, 0.25) is 0 Å². The summed E-state index contributed by atoms with van der Waals surface area (Å²) in [5.41, 5.74) is -2.33. The minimum Gasteiger partial charge on any atom is -0.290 e. The van der Waals surface area contributed by atoms with Crippen molar-refractivity contribution in [2.75, 3.05) is 0 Å². The van der Waals surface area contributed by atoms with Gasteiger partial charge in [0.05, 0.1) is 5.25 Å². The van der Waals surface area contributed by atoms with Gasteiger partial charge >= 0.3 is 0 Å². The van der Waals surface area contributed by atoms with Crippen molar-refractivity contribution < 1.29 is 17.6 Å². The van der Waals surface area contributed by atoms with Crippen LogP contribution in [0.1, 0.15) is 42.5 Å². The molecule has 1 unspecified atom stereocenters. The zero-order valence-corrected chi connectivity index (χ0v) is 11.4. The number of hydrogen-bond acceptors (Lipinski definition) is 3. The number of Topliss-reactive ketones (excluding diaryl/α,β-unsaturated/α-hetero) is 1. The maximum absolute atomic E-state index is 14.1. The first-order valence-electron chi connectivity index (χ1n) is 6.49. The SMILES string of the molecule is O=C(c1ccccc1)C(F)S(=O)(=O)C1CCCCC1. The molecule has 1 aliphatic carbocycles. The van der Waals surface area contributed by atoms with Gasteiger partial charge in [-0.15, -0.1) is 0 Å². The van der Waals surface area contributed by atoms with E-state index in [9.17, 15) is 17.6 Å². The molecule has 2 rings (SSSR count). The normalized spacial score (nSPS) is 19.0. The second-order valence-electron chi connectivity index (χ2n) is 4.90. The zero-order valence-electron chi connectivity index (χ0n) is 10.6. The highest BCUT2D eigenvalue weighted by Gasteiger charge is 2.39. The predicted octanol–water partition coefficient (Wildman–Crippen LogP) is 2.91. The van der Waals surface area contributed by atoms with E-state index in [0.717, 1.165) is 19.3 Å². The number of alkyl halides is 1. The van der Waals surface area contributed by atoms with E-state index in [2.05, 4.69) is 0 Å². The number of carbonyl (C=O) groups excluding carboxylic acids is 1. The van der Waals surface area contributed by atoms with Gasteiger partial charge < -0.3 is 0 Å². The van der Waals surface area contributed by atoms with E-state index in [1.54, 1.807) is 18.2 Å². The molecule has 0 radical (unpaired) electrons. The van der Waals surface area contributed by atoms with Gasteiger partial charge in [0.1, 0.15) is 0 Å². The third-order valence-corrected chi connectivity index (χ3v) is 5.76. The molecule has 1 aromatic rings. The summed E-state index contributed by atoms with van der Waals surface area (Å²) < 4.78 is 38.3. The van der Waals surface area contributed by atoms with Crippen LogP contribution in [0.15, 0.2) is 30.3 Å². The fourth-order valence-electron chi connectivity index (χ4n) is 2.45. The molecule has 5 heteroatoms. The van der Waals surface area contributed by atoms with Gasteiger partial charge in [0, 0.05) is 5.56 Å². The molecule has 0 bridgehead atoms. The van der Waals surface area contributed by atoms with Gasteiger partial charge in [-0.05, 0) is 12.8 Å². The lowest BCUT2D eigenvalue weighted by molar-refractivity contribution is 0.0932. The Morgan fingerprint density at radius 1 is 1.11 bits per heavy atom. The van der Waals surface area contributed by atoms with Gasteiger partial charge in [0.2, 0.25) is 5.78 Å². The molecule has 104 valence electrons. The van der Waals surface area contributed by atoms with Crippen molar-refractivity contribution in [3.8, 4) is 0 Å². The molecule has 0 heterocycles. The van der Waals surface area contributed by atoms with Crippen LogP contribution in [0.3, 0.4) is 0 Å². The third-order valence-electron chi connectivity index (χ3n) is 3.57. The smallest absolute Gasteiger partial charge is 0.263 e. The fourth-order valence-corrected chi connectivity index (χ4v) is 4.21. The van der Waals surface area contributed by atoms with Crippen LogP contribution >= 0.6 is 0 Å². The molecule has 3 nitrogen and oxygen atoms in total. The highest BCUT2D eigenvalue weighted by molar-refractivity contribution is 7.93. The lowest BCUT2D eigenvalue weighted by Crippen LogP contribution is -2.36. The number of halogens is 1. The summed E-state index contributed by atoms with van der Waals surface area (Å²) in [7, 11) is -4.03. The van der Waals surface area contributed by atoms with Crippen LogP contribution in [0.25, 0.3) is 0 Å². The van der Waals surface area contributed by atoms with Gasteiger partial charge in [-0.1, -0.05) is 49.6 Å². The summed E-state index contributed by atoms with van der Waals surface area (Å²) in [5, 5.41) is -0.705. The summed E-state index contributed by atoms with van der Waals surface area (Å²) >= 11 is 0. The second kappa shape index (κ2) is 5.82. The van der Waals surface area contributed by atoms with Crippen molar-refractivity contribution in [1.29, 1.82) is 0 Å². The Morgan fingerprint density at radius 2 is 1.68 bits per heavy atom. The molecule has 1 saturated carbocycles.